The van der Waals surface area contributed by atoms with Crippen molar-refractivity contribution in [1.82, 2.24) is 19.6 Å². The van der Waals surface area contributed by atoms with Gasteiger partial charge < -0.3 is 4.90 Å². The molecule has 5 heteroatoms. The molecule has 0 bridgehead atoms. The van der Waals surface area contributed by atoms with Crippen LogP contribution in [0, 0.1) is 0 Å². The minimum absolute atomic E-state index is 0.242. The molecular formula is C23H26N4O. The van der Waals surface area contributed by atoms with E-state index in [0.717, 1.165) is 50.4 Å². The van der Waals surface area contributed by atoms with E-state index in [4.69, 9.17) is 0 Å². The van der Waals surface area contributed by atoms with Crippen LogP contribution in [-0.2, 0) is 17.8 Å². The molecular weight excluding hydrogens is 348 g/mol. The average molecular weight is 374 g/mol. The maximum Gasteiger partial charge on any atom is 0.222 e. The Morgan fingerprint density at radius 1 is 0.857 bits per heavy atom. The van der Waals surface area contributed by atoms with Crippen molar-refractivity contribution in [3.8, 4) is 5.69 Å². The molecule has 1 aliphatic heterocycles. The standard InChI is InChI=1S/C23H26N4O/c28-23(12-11-21-17-24-27(19-21)22-9-5-2-6-10-22)26-15-13-25(14-16-26)18-20-7-3-1-4-8-20/h1-10,17,19H,11-16,18H2. The molecule has 1 aromatic heterocycles. The molecule has 0 unspecified atom stereocenters. The number of rotatable bonds is 6. The Hall–Kier alpha value is -2.92. The van der Waals surface area contributed by atoms with Gasteiger partial charge in [0.25, 0.3) is 0 Å². The Labute approximate surface area is 166 Å². The predicted octanol–water partition coefficient (Wildman–Crippen LogP) is 3.15. The molecule has 3 aromatic rings. The fourth-order valence-corrected chi connectivity index (χ4v) is 3.62. The maximum absolute atomic E-state index is 12.6. The second kappa shape index (κ2) is 8.85. The van der Waals surface area contributed by atoms with E-state index in [-0.39, 0.29) is 5.91 Å². The first kappa shape index (κ1) is 18.4. The number of piperazine rings is 1. The number of aryl methyl sites for hydroxylation is 1. The summed E-state index contributed by atoms with van der Waals surface area (Å²) >= 11 is 0. The zero-order valence-corrected chi connectivity index (χ0v) is 16.1. The Balaban J connectivity index is 1.23. The highest BCUT2D eigenvalue weighted by Gasteiger charge is 2.21. The Morgan fingerprint density at radius 2 is 1.54 bits per heavy atom. The molecule has 1 saturated heterocycles. The fraction of sp³-hybridized carbons (Fsp3) is 0.304. The maximum atomic E-state index is 12.6. The smallest absolute Gasteiger partial charge is 0.222 e. The third-order valence-corrected chi connectivity index (χ3v) is 5.26. The van der Waals surface area contributed by atoms with Gasteiger partial charge in [-0.05, 0) is 29.7 Å². The average Bonchev–Trinajstić information content (AvgIpc) is 3.23. The van der Waals surface area contributed by atoms with Crippen LogP contribution in [0.3, 0.4) is 0 Å². The lowest BCUT2D eigenvalue weighted by molar-refractivity contribution is -0.133. The van der Waals surface area contributed by atoms with Gasteiger partial charge in [0.15, 0.2) is 0 Å². The molecule has 1 amide bonds. The molecule has 0 radical (unpaired) electrons. The van der Waals surface area contributed by atoms with E-state index in [9.17, 15) is 4.79 Å². The van der Waals surface area contributed by atoms with Crippen molar-refractivity contribution in [2.75, 3.05) is 26.2 Å². The molecule has 0 atom stereocenters. The first-order valence-electron chi connectivity index (χ1n) is 9.91. The Bertz CT molecular complexity index is 883. The fourth-order valence-electron chi connectivity index (χ4n) is 3.62. The van der Waals surface area contributed by atoms with Gasteiger partial charge in [-0.3, -0.25) is 9.69 Å². The summed E-state index contributed by atoms with van der Waals surface area (Å²) in [4.78, 5) is 17.0. The lowest BCUT2D eigenvalue weighted by Crippen LogP contribution is -2.48. The van der Waals surface area contributed by atoms with Gasteiger partial charge in [-0.2, -0.15) is 5.10 Å². The monoisotopic (exact) mass is 374 g/mol. The van der Waals surface area contributed by atoms with Crippen LogP contribution in [0.25, 0.3) is 5.69 Å². The molecule has 5 nitrogen and oxygen atoms in total. The highest BCUT2D eigenvalue weighted by atomic mass is 16.2. The number of hydrogen-bond acceptors (Lipinski definition) is 3. The first-order valence-corrected chi connectivity index (χ1v) is 9.91. The van der Waals surface area contributed by atoms with Gasteiger partial charge >= 0.3 is 0 Å². The minimum Gasteiger partial charge on any atom is -0.340 e. The second-order valence-electron chi connectivity index (χ2n) is 7.27. The number of para-hydroxylation sites is 1. The molecule has 4 rings (SSSR count). The summed E-state index contributed by atoms with van der Waals surface area (Å²) < 4.78 is 1.86. The molecule has 2 heterocycles. The van der Waals surface area contributed by atoms with Crippen molar-refractivity contribution in [3.63, 3.8) is 0 Å². The molecule has 0 saturated carbocycles. The van der Waals surface area contributed by atoms with Crippen molar-refractivity contribution < 1.29 is 4.79 Å². The molecule has 0 aliphatic carbocycles. The van der Waals surface area contributed by atoms with Crippen LogP contribution in [-0.4, -0.2) is 51.7 Å². The number of amides is 1. The molecule has 0 N–H and O–H groups in total. The van der Waals surface area contributed by atoms with Crippen LogP contribution < -0.4 is 0 Å². The second-order valence-corrected chi connectivity index (χ2v) is 7.27. The van der Waals surface area contributed by atoms with Crippen LogP contribution in [0.2, 0.25) is 0 Å². The van der Waals surface area contributed by atoms with Crippen LogP contribution >= 0.6 is 0 Å². The summed E-state index contributed by atoms with van der Waals surface area (Å²) in [5.41, 5.74) is 3.47. The van der Waals surface area contributed by atoms with Crippen LogP contribution in [0.15, 0.2) is 73.1 Å². The third kappa shape index (κ3) is 4.67. The van der Waals surface area contributed by atoms with Gasteiger partial charge in [-0.15, -0.1) is 0 Å². The van der Waals surface area contributed by atoms with E-state index in [1.54, 1.807) is 0 Å². The Kier molecular flexibility index (Phi) is 5.83. The van der Waals surface area contributed by atoms with Crippen molar-refractivity contribution in [2.24, 2.45) is 0 Å². The number of carbonyl (C=O) groups is 1. The van der Waals surface area contributed by atoms with Crippen LogP contribution in [0.5, 0.6) is 0 Å². The lowest BCUT2D eigenvalue weighted by Gasteiger charge is -2.34. The van der Waals surface area contributed by atoms with Gasteiger partial charge in [0.05, 0.1) is 11.9 Å². The van der Waals surface area contributed by atoms with Crippen molar-refractivity contribution in [1.29, 1.82) is 0 Å². The van der Waals surface area contributed by atoms with Gasteiger partial charge in [0.1, 0.15) is 0 Å². The normalized spacial score (nSPS) is 14.9. The van der Waals surface area contributed by atoms with Crippen LogP contribution in [0.4, 0.5) is 0 Å². The van der Waals surface area contributed by atoms with Crippen molar-refractivity contribution in [2.45, 2.75) is 19.4 Å². The topological polar surface area (TPSA) is 41.4 Å². The summed E-state index contributed by atoms with van der Waals surface area (Å²) in [7, 11) is 0. The van der Waals surface area contributed by atoms with E-state index in [1.165, 1.54) is 5.56 Å². The van der Waals surface area contributed by atoms with Gasteiger partial charge in [-0.1, -0.05) is 48.5 Å². The third-order valence-electron chi connectivity index (χ3n) is 5.26. The lowest BCUT2D eigenvalue weighted by atomic mass is 10.1. The van der Waals surface area contributed by atoms with Crippen molar-refractivity contribution >= 4 is 5.91 Å². The van der Waals surface area contributed by atoms with Gasteiger partial charge in [0, 0.05) is 45.3 Å². The molecule has 144 valence electrons. The van der Waals surface area contributed by atoms with E-state index < -0.39 is 0 Å². The number of carbonyl (C=O) groups excluding carboxylic acids is 1. The number of aromatic nitrogens is 2. The quantitative estimate of drug-likeness (QED) is 0.666. The first-order chi connectivity index (χ1) is 13.8. The van der Waals surface area contributed by atoms with E-state index in [0.29, 0.717) is 6.42 Å². The highest BCUT2D eigenvalue weighted by Crippen LogP contribution is 2.12. The van der Waals surface area contributed by atoms with E-state index in [2.05, 4.69) is 34.3 Å². The zero-order valence-electron chi connectivity index (χ0n) is 16.1. The highest BCUT2D eigenvalue weighted by molar-refractivity contribution is 5.76. The van der Waals surface area contributed by atoms with Crippen LogP contribution in [0.1, 0.15) is 17.5 Å². The number of benzene rings is 2. The van der Waals surface area contributed by atoms with E-state index in [1.807, 2.05) is 58.4 Å². The number of nitrogens with zero attached hydrogens (tertiary/aromatic N) is 4. The summed E-state index contributed by atoms with van der Waals surface area (Å²) in [6.45, 7) is 4.46. The summed E-state index contributed by atoms with van der Waals surface area (Å²) in [6.07, 6.45) is 5.15. The van der Waals surface area contributed by atoms with Crippen molar-refractivity contribution in [3.05, 3.63) is 84.2 Å². The van der Waals surface area contributed by atoms with Gasteiger partial charge in [0.2, 0.25) is 5.91 Å². The molecule has 1 aliphatic rings. The molecule has 0 spiro atoms. The van der Waals surface area contributed by atoms with Gasteiger partial charge in [-0.25, -0.2) is 4.68 Å². The number of hydrogen-bond donors (Lipinski definition) is 0. The SMILES string of the molecule is O=C(CCc1cnn(-c2ccccc2)c1)N1CCN(Cc2ccccc2)CC1. The predicted molar refractivity (Wildman–Crippen MR) is 110 cm³/mol. The molecule has 28 heavy (non-hydrogen) atoms. The largest absolute Gasteiger partial charge is 0.340 e. The minimum atomic E-state index is 0.242. The summed E-state index contributed by atoms with van der Waals surface area (Å²) in [5.74, 6) is 0.242. The Morgan fingerprint density at radius 3 is 2.25 bits per heavy atom. The summed E-state index contributed by atoms with van der Waals surface area (Å²) in [5, 5.41) is 4.41. The molecule has 1 fully saturated rings. The summed E-state index contributed by atoms with van der Waals surface area (Å²) in [6, 6.07) is 20.6. The van der Waals surface area contributed by atoms with E-state index >= 15 is 0 Å². The zero-order chi connectivity index (χ0) is 19.2. The molecule has 2 aromatic carbocycles.